The Morgan fingerprint density at radius 2 is 2.00 bits per heavy atom. The maximum absolute atomic E-state index is 12.8. The Balaban J connectivity index is 1.89. The number of benzene rings is 1. The van der Waals surface area contributed by atoms with Crippen LogP contribution in [-0.4, -0.2) is 45.2 Å². The average Bonchev–Trinajstić information content (AvgIpc) is 3.07. The molecule has 1 aromatic carbocycles. The minimum atomic E-state index is -0.196. The number of rotatable bonds is 6. The number of para-hydroxylation sites is 1. The van der Waals surface area contributed by atoms with Crippen LogP contribution in [0.4, 0.5) is 0 Å². The molecule has 2 aromatic rings. The van der Waals surface area contributed by atoms with Gasteiger partial charge in [-0.2, -0.15) is 0 Å². The van der Waals surface area contributed by atoms with Gasteiger partial charge in [-0.3, -0.25) is 19.6 Å². The predicted molar refractivity (Wildman–Crippen MR) is 107 cm³/mol. The molecular weight excluding hydrogens is 370 g/mol. The zero-order chi connectivity index (χ0) is 18.7. The minimum absolute atomic E-state index is 0.164. The van der Waals surface area contributed by atoms with Gasteiger partial charge in [0.2, 0.25) is 0 Å². The first-order chi connectivity index (χ1) is 12.5. The monoisotopic (exact) mass is 389 g/mol. The van der Waals surface area contributed by atoms with Crippen LogP contribution in [0.5, 0.6) is 0 Å². The summed E-state index contributed by atoms with van der Waals surface area (Å²) in [6, 6.07) is 9.30. The number of ether oxygens (including phenoxy) is 1. The van der Waals surface area contributed by atoms with E-state index in [0.29, 0.717) is 40.1 Å². The number of methoxy groups -OCH3 is 1. The second-order valence-corrected chi connectivity index (χ2v) is 7.48. The van der Waals surface area contributed by atoms with Gasteiger partial charge in [-0.1, -0.05) is 42.2 Å². The van der Waals surface area contributed by atoms with E-state index >= 15 is 0 Å². The van der Waals surface area contributed by atoms with Gasteiger partial charge in [-0.25, -0.2) is 4.68 Å². The minimum Gasteiger partial charge on any atom is -0.385 e. The molecule has 1 aliphatic rings. The molecule has 0 radical (unpaired) electrons. The highest BCUT2D eigenvalue weighted by Crippen LogP contribution is 2.32. The van der Waals surface area contributed by atoms with E-state index in [1.807, 2.05) is 37.3 Å². The molecular formula is C18H19N3O3S2. The Kier molecular flexibility index (Phi) is 5.75. The number of carbonyl (C=O) groups is 1. The normalized spacial score (nSPS) is 16.1. The van der Waals surface area contributed by atoms with Gasteiger partial charge in [0.05, 0.1) is 16.2 Å². The summed E-state index contributed by atoms with van der Waals surface area (Å²) in [5.74, 6) is -0.164. The van der Waals surface area contributed by atoms with E-state index in [-0.39, 0.29) is 11.5 Å². The molecule has 136 valence electrons. The van der Waals surface area contributed by atoms with Crippen molar-refractivity contribution in [3.8, 4) is 5.69 Å². The predicted octanol–water partition coefficient (Wildman–Crippen LogP) is 2.71. The molecule has 0 aliphatic carbocycles. The summed E-state index contributed by atoms with van der Waals surface area (Å²) in [4.78, 5) is 27.4. The van der Waals surface area contributed by atoms with E-state index in [0.717, 1.165) is 5.69 Å². The molecule has 0 bridgehead atoms. The van der Waals surface area contributed by atoms with Crippen LogP contribution >= 0.6 is 24.0 Å². The molecule has 2 heterocycles. The fourth-order valence-corrected chi connectivity index (χ4v) is 3.97. The number of aryl methyl sites for hydroxylation is 1. The van der Waals surface area contributed by atoms with Gasteiger partial charge in [0.25, 0.3) is 11.5 Å². The van der Waals surface area contributed by atoms with Crippen LogP contribution < -0.4 is 5.56 Å². The molecule has 0 atom stereocenters. The van der Waals surface area contributed by atoms with Crippen LogP contribution in [0.25, 0.3) is 11.8 Å². The Morgan fingerprint density at radius 1 is 1.27 bits per heavy atom. The van der Waals surface area contributed by atoms with E-state index in [2.05, 4.69) is 5.10 Å². The number of aromatic nitrogens is 2. The molecule has 6 nitrogen and oxygen atoms in total. The number of carbonyl (C=O) groups excluding carboxylic acids is 1. The van der Waals surface area contributed by atoms with Crippen LogP contribution in [0.15, 0.2) is 40.0 Å². The Labute approximate surface area is 160 Å². The van der Waals surface area contributed by atoms with Crippen molar-refractivity contribution in [1.29, 1.82) is 0 Å². The maximum atomic E-state index is 12.8. The second kappa shape index (κ2) is 8.03. The standard InChI is InChI=1S/C18H19N3O3S2/c1-12-14(16(22)21(19-12)13-7-4-3-5-8-13)11-15-17(23)20(18(25)26-15)9-6-10-24-2/h3-5,7-8,11,19H,6,9-10H2,1-2H3. The highest BCUT2D eigenvalue weighted by molar-refractivity contribution is 8.26. The number of hydrogen-bond acceptors (Lipinski definition) is 5. The number of thioether (sulfide) groups is 1. The third-order valence-corrected chi connectivity index (χ3v) is 5.39. The van der Waals surface area contributed by atoms with Gasteiger partial charge < -0.3 is 4.74 Å². The van der Waals surface area contributed by atoms with Crippen molar-refractivity contribution in [3.05, 3.63) is 56.8 Å². The highest BCUT2D eigenvalue weighted by Gasteiger charge is 2.32. The molecule has 26 heavy (non-hydrogen) atoms. The first-order valence-corrected chi connectivity index (χ1v) is 9.36. The summed E-state index contributed by atoms with van der Waals surface area (Å²) >= 11 is 6.53. The molecule has 8 heteroatoms. The SMILES string of the molecule is COCCCN1C(=O)C(=Cc2c(C)[nH]n(-c3ccccc3)c2=O)SC1=S. The Bertz CT molecular complexity index is 916. The summed E-state index contributed by atoms with van der Waals surface area (Å²) in [7, 11) is 1.62. The third kappa shape index (κ3) is 3.67. The van der Waals surface area contributed by atoms with Crippen LogP contribution in [0.1, 0.15) is 17.7 Å². The van der Waals surface area contributed by atoms with Gasteiger partial charge in [-0.15, -0.1) is 0 Å². The lowest BCUT2D eigenvalue weighted by Gasteiger charge is -2.13. The van der Waals surface area contributed by atoms with Crippen molar-refractivity contribution in [2.75, 3.05) is 20.3 Å². The zero-order valence-electron chi connectivity index (χ0n) is 14.5. The maximum Gasteiger partial charge on any atom is 0.278 e. The zero-order valence-corrected chi connectivity index (χ0v) is 16.2. The van der Waals surface area contributed by atoms with E-state index < -0.39 is 0 Å². The number of aromatic amines is 1. The smallest absolute Gasteiger partial charge is 0.278 e. The van der Waals surface area contributed by atoms with Crippen molar-refractivity contribution in [3.63, 3.8) is 0 Å². The van der Waals surface area contributed by atoms with Crippen molar-refractivity contribution in [1.82, 2.24) is 14.7 Å². The average molecular weight is 390 g/mol. The van der Waals surface area contributed by atoms with Crippen LogP contribution in [-0.2, 0) is 9.53 Å². The molecule has 1 aliphatic heterocycles. The fraction of sp³-hybridized carbons (Fsp3) is 0.278. The van der Waals surface area contributed by atoms with Crippen molar-refractivity contribution >= 4 is 40.3 Å². The third-order valence-electron chi connectivity index (χ3n) is 4.01. The van der Waals surface area contributed by atoms with Crippen molar-refractivity contribution < 1.29 is 9.53 Å². The largest absolute Gasteiger partial charge is 0.385 e. The fourth-order valence-electron chi connectivity index (χ4n) is 2.68. The van der Waals surface area contributed by atoms with Gasteiger partial charge in [-0.05, 0) is 31.6 Å². The molecule has 3 rings (SSSR count). The Hall–Kier alpha value is -2.16. The lowest BCUT2D eigenvalue weighted by atomic mass is 10.2. The van der Waals surface area contributed by atoms with Gasteiger partial charge in [0.15, 0.2) is 0 Å². The summed E-state index contributed by atoms with van der Waals surface area (Å²) in [5.41, 5.74) is 1.71. The summed E-state index contributed by atoms with van der Waals surface area (Å²) < 4.78 is 7.00. The molecule has 1 amide bonds. The van der Waals surface area contributed by atoms with Gasteiger partial charge >= 0.3 is 0 Å². The number of thiocarbonyl (C=S) groups is 1. The molecule has 1 saturated heterocycles. The molecule has 0 unspecified atom stereocenters. The topological polar surface area (TPSA) is 67.3 Å². The van der Waals surface area contributed by atoms with E-state index in [1.54, 1.807) is 18.1 Å². The number of H-pyrrole nitrogens is 1. The number of nitrogens with one attached hydrogen (secondary N) is 1. The van der Waals surface area contributed by atoms with E-state index in [9.17, 15) is 9.59 Å². The lowest BCUT2D eigenvalue weighted by Crippen LogP contribution is -2.29. The van der Waals surface area contributed by atoms with Crippen molar-refractivity contribution in [2.45, 2.75) is 13.3 Å². The molecule has 1 fully saturated rings. The number of hydrogen-bond donors (Lipinski definition) is 1. The molecule has 0 spiro atoms. The highest BCUT2D eigenvalue weighted by atomic mass is 32.2. The molecule has 0 saturated carbocycles. The summed E-state index contributed by atoms with van der Waals surface area (Å²) in [6.07, 6.45) is 2.34. The van der Waals surface area contributed by atoms with Crippen molar-refractivity contribution in [2.24, 2.45) is 0 Å². The van der Waals surface area contributed by atoms with E-state index in [4.69, 9.17) is 17.0 Å². The summed E-state index contributed by atoms with van der Waals surface area (Å²) in [6.45, 7) is 2.89. The van der Waals surface area contributed by atoms with Crippen LogP contribution in [0.2, 0.25) is 0 Å². The van der Waals surface area contributed by atoms with Crippen LogP contribution in [0.3, 0.4) is 0 Å². The summed E-state index contributed by atoms with van der Waals surface area (Å²) in [5, 5.41) is 3.06. The first-order valence-electron chi connectivity index (χ1n) is 8.14. The second-order valence-electron chi connectivity index (χ2n) is 5.81. The first kappa shape index (κ1) is 18.6. The Morgan fingerprint density at radius 3 is 2.69 bits per heavy atom. The molecule has 1 N–H and O–H groups in total. The number of nitrogens with zero attached hydrogens (tertiary/aromatic N) is 2. The number of amides is 1. The quantitative estimate of drug-likeness (QED) is 0.467. The van der Waals surface area contributed by atoms with Gasteiger partial charge in [0.1, 0.15) is 4.32 Å². The van der Waals surface area contributed by atoms with Crippen LogP contribution in [0, 0.1) is 6.92 Å². The van der Waals surface area contributed by atoms with E-state index in [1.165, 1.54) is 16.4 Å². The lowest BCUT2D eigenvalue weighted by molar-refractivity contribution is -0.122. The molecule has 1 aromatic heterocycles. The van der Waals surface area contributed by atoms with Gasteiger partial charge in [0, 0.05) is 26.0 Å².